The highest BCUT2D eigenvalue weighted by molar-refractivity contribution is 7.92. The SMILES string of the molecule is Cc1cccc(N(CCCC(=O)N(CCc2ccccc2)C(C)C(=O)NCC(C)C)S(C)(=O)=O)c1C. The van der Waals surface area contributed by atoms with E-state index in [9.17, 15) is 18.0 Å². The molecular formula is C28H41N3O4S. The Kier molecular flexibility index (Phi) is 11.0. The fourth-order valence-electron chi connectivity index (χ4n) is 4.01. The Labute approximate surface area is 216 Å². The summed E-state index contributed by atoms with van der Waals surface area (Å²) in [5.74, 6) is -0.0347. The highest BCUT2D eigenvalue weighted by Gasteiger charge is 2.26. The summed E-state index contributed by atoms with van der Waals surface area (Å²) >= 11 is 0. The van der Waals surface area contributed by atoms with E-state index in [1.807, 2.05) is 70.2 Å². The minimum atomic E-state index is -3.52. The molecule has 1 N–H and O–H groups in total. The van der Waals surface area contributed by atoms with Crippen LogP contribution in [0.25, 0.3) is 0 Å². The van der Waals surface area contributed by atoms with Gasteiger partial charge in [-0.25, -0.2) is 8.42 Å². The fraction of sp³-hybridized carbons (Fsp3) is 0.500. The van der Waals surface area contributed by atoms with Crippen LogP contribution in [-0.2, 0) is 26.0 Å². The van der Waals surface area contributed by atoms with Gasteiger partial charge >= 0.3 is 0 Å². The second-order valence-electron chi connectivity index (χ2n) is 9.80. The lowest BCUT2D eigenvalue weighted by Gasteiger charge is -2.30. The molecule has 0 aliphatic heterocycles. The van der Waals surface area contributed by atoms with Gasteiger partial charge in [0.2, 0.25) is 21.8 Å². The first-order valence-corrected chi connectivity index (χ1v) is 14.4. The molecule has 2 aromatic carbocycles. The summed E-state index contributed by atoms with van der Waals surface area (Å²) in [7, 11) is -3.52. The van der Waals surface area contributed by atoms with Gasteiger partial charge in [-0.2, -0.15) is 0 Å². The molecule has 0 saturated heterocycles. The number of sulfonamides is 1. The number of carbonyl (C=O) groups excluding carboxylic acids is 2. The van der Waals surface area contributed by atoms with Crippen LogP contribution in [-0.4, -0.2) is 57.1 Å². The Morgan fingerprint density at radius 3 is 2.22 bits per heavy atom. The van der Waals surface area contributed by atoms with Crippen LogP contribution in [0.1, 0.15) is 50.3 Å². The molecule has 0 saturated carbocycles. The van der Waals surface area contributed by atoms with Gasteiger partial charge in [-0.05, 0) is 62.3 Å². The summed E-state index contributed by atoms with van der Waals surface area (Å²) in [5, 5.41) is 2.92. The summed E-state index contributed by atoms with van der Waals surface area (Å²) < 4.78 is 26.5. The molecule has 1 atom stereocenters. The maximum Gasteiger partial charge on any atom is 0.242 e. The average Bonchev–Trinajstić information content (AvgIpc) is 2.82. The average molecular weight is 516 g/mol. The number of rotatable bonds is 13. The lowest BCUT2D eigenvalue weighted by Crippen LogP contribution is -2.49. The van der Waals surface area contributed by atoms with Crippen molar-refractivity contribution in [1.29, 1.82) is 0 Å². The standard InChI is InChI=1S/C28H41N3O4S/c1-21(2)20-29-28(33)24(5)30(19-17-25-13-8-7-9-14-25)27(32)16-11-18-31(36(6,34)35)26-15-10-12-22(3)23(26)4/h7-10,12-15,21,24H,11,16-20H2,1-6H3,(H,29,33). The third-order valence-electron chi connectivity index (χ3n) is 6.33. The van der Waals surface area contributed by atoms with Crippen LogP contribution in [0.15, 0.2) is 48.5 Å². The highest BCUT2D eigenvalue weighted by atomic mass is 32.2. The second-order valence-corrected chi connectivity index (χ2v) is 11.7. The number of carbonyl (C=O) groups is 2. The lowest BCUT2D eigenvalue weighted by molar-refractivity contribution is -0.140. The van der Waals surface area contributed by atoms with Gasteiger partial charge in [-0.15, -0.1) is 0 Å². The number of hydrogen-bond donors (Lipinski definition) is 1. The van der Waals surface area contributed by atoms with Crippen molar-refractivity contribution in [1.82, 2.24) is 10.2 Å². The lowest BCUT2D eigenvalue weighted by atomic mass is 10.1. The molecule has 36 heavy (non-hydrogen) atoms. The van der Waals surface area contributed by atoms with E-state index in [0.717, 1.165) is 16.7 Å². The Bertz CT molecular complexity index is 1120. The molecule has 0 radical (unpaired) electrons. The van der Waals surface area contributed by atoms with Gasteiger partial charge in [0.15, 0.2) is 0 Å². The highest BCUT2D eigenvalue weighted by Crippen LogP contribution is 2.25. The summed E-state index contributed by atoms with van der Waals surface area (Å²) in [4.78, 5) is 27.7. The van der Waals surface area contributed by atoms with Crippen LogP contribution in [0.4, 0.5) is 5.69 Å². The van der Waals surface area contributed by atoms with Gasteiger partial charge in [0, 0.05) is 26.1 Å². The number of amides is 2. The maximum atomic E-state index is 13.3. The number of hydrogen-bond acceptors (Lipinski definition) is 4. The van der Waals surface area contributed by atoms with Crippen molar-refractivity contribution >= 4 is 27.5 Å². The van der Waals surface area contributed by atoms with Crippen molar-refractivity contribution in [3.63, 3.8) is 0 Å². The van der Waals surface area contributed by atoms with Crippen molar-refractivity contribution in [2.75, 3.05) is 30.2 Å². The number of nitrogens with one attached hydrogen (secondary N) is 1. The molecule has 2 amide bonds. The third-order valence-corrected chi connectivity index (χ3v) is 7.51. The minimum absolute atomic E-state index is 0.146. The van der Waals surface area contributed by atoms with Gasteiger partial charge in [0.05, 0.1) is 11.9 Å². The van der Waals surface area contributed by atoms with Gasteiger partial charge in [0.1, 0.15) is 6.04 Å². The van der Waals surface area contributed by atoms with E-state index in [2.05, 4.69) is 5.32 Å². The van der Waals surface area contributed by atoms with Crippen LogP contribution < -0.4 is 9.62 Å². The van der Waals surface area contributed by atoms with E-state index in [4.69, 9.17) is 0 Å². The fourth-order valence-corrected chi connectivity index (χ4v) is 5.03. The summed E-state index contributed by atoms with van der Waals surface area (Å²) in [5.41, 5.74) is 3.62. The molecule has 198 valence electrons. The number of benzene rings is 2. The second kappa shape index (κ2) is 13.4. The minimum Gasteiger partial charge on any atom is -0.354 e. The monoisotopic (exact) mass is 515 g/mol. The van der Waals surface area contributed by atoms with Crippen molar-refractivity contribution in [3.8, 4) is 0 Å². The molecule has 0 aliphatic rings. The maximum absolute atomic E-state index is 13.3. The van der Waals surface area contributed by atoms with E-state index in [0.29, 0.717) is 37.5 Å². The molecule has 7 nitrogen and oxygen atoms in total. The molecule has 1 unspecified atom stereocenters. The van der Waals surface area contributed by atoms with Crippen LogP contribution >= 0.6 is 0 Å². The molecule has 2 rings (SSSR count). The van der Waals surface area contributed by atoms with Crippen molar-refractivity contribution < 1.29 is 18.0 Å². The topological polar surface area (TPSA) is 86.8 Å². The largest absolute Gasteiger partial charge is 0.354 e. The van der Waals surface area contributed by atoms with Gasteiger partial charge in [-0.3, -0.25) is 13.9 Å². The molecular weight excluding hydrogens is 474 g/mol. The first-order chi connectivity index (χ1) is 16.9. The Morgan fingerprint density at radius 2 is 1.61 bits per heavy atom. The molecule has 0 aromatic heterocycles. The first-order valence-electron chi connectivity index (χ1n) is 12.6. The van der Waals surface area contributed by atoms with E-state index < -0.39 is 16.1 Å². The molecule has 0 aliphatic carbocycles. The first kappa shape index (κ1) is 29.4. The number of anilines is 1. The predicted octanol–water partition coefficient (Wildman–Crippen LogP) is 4.08. The van der Waals surface area contributed by atoms with Gasteiger partial charge < -0.3 is 10.2 Å². The van der Waals surface area contributed by atoms with Crippen molar-refractivity contribution in [2.45, 2.75) is 59.9 Å². The summed E-state index contributed by atoms with van der Waals surface area (Å²) in [6.45, 7) is 10.8. The zero-order valence-corrected chi connectivity index (χ0v) is 23.3. The van der Waals surface area contributed by atoms with Crippen LogP contribution in [0.3, 0.4) is 0 Å². The Morgan fingerprint density at radius 1 is 0.944 bits per heavy atom. The van der Waals surface area contributed by atoms with Gasteiger partial charge in [-0.1, -0.05) is 56.3 Å². The van der Waals surface area contributed by atoms with Crippen LogP contribution in [0.2, 0.25) is 0 Å². The quantitative estimate of drug-likeness (QED) is 0.436. The van der Waals surface area contributed by atoms with Gasteiger partial charge in [0.25, 0.3) is 0 Å². The van der Waals surface area contributed by atoms with E-state index in [-0.39, 0.29) is 24.8 Å². The molecule has 0 bridgehead atoms. The molecule has 0 heterocycles. The smallest absolute Gasteiger partial charge is 0.242 e. The normalized spacial score (nSPS) is 12.3. The van der Waals surface area contributed by atoms with Crippen molar-refractivity contribution in [3.05, 3.63) is 65.2 Å². The van der Waals surface area contributed by atoms with E-state index in [1.165, 1.54) is 10.6 Å². The number of nitrogens with zero attached hydrogens (tertiary/aromatic N) is 2. The predicted molar refractivity (Wildman–Crippen MR) is 147 cm³/mol. The molecule has 0 fully saturated rings. The van der Waals surface area contributed by atoms with Crippen LogP contribution in [0.5, 0.6) is 0 Å². The van der Waals surface area contributed by atoms with E-state index >= 15 is 0 Å². The molecule has 2 aromatic rings. The van der Waals surface area contributed by atoms with Crippen LogP contribution in [0, 0.1) is 19.8 Å². The number of aryl methyl sites for hydroxylation is 1. The third kappa shape index (κ3) is 8.66. The Balaban J connectivity index is 2.13. The zero-order chi connectivity index (χ0) is 26.9. The zero-order valence-electron chi connectivity index (χ0n) is 22.5. The van der Waals surface area contributed by atoms with Crippen molar-refractivity contribution in [2.24, 2.45) is 5.92 Å². The molecule has 8 heteroatoms. The summed E-state index contributed by atoms with van der Waals surface area (Å²) in [6, 6.07) is 14.8. The Hall–Kier alpha value is -2.87. The summed E-state index contributed by atoms with van der Waals surface area (Å²) in [6.07, 6.45) is 2.31. The molecule has 0 spiro atoms. The van der Waals surface area contributed by atoms with E-state index in [1.54, 1.807) is 17.9 Å².